The lowest BCUT2D eigenvalue weighted by Crippen LogP contribution is -2.31. The molecule has 1 saturated heterocycles. The van der Waals surface area contributed by atoms with Gasteiger partial charge in [0.15, 0.2) is 5.78 Å². The van der Waals surface area contributed by atoms with Crippen molar-refractivity contribution in [3.8, 4) is 11.1 Å². The maximum absolute atomic E-state index is 11.8. The van der Waals surface area contributed by atoms with Gasteiger partial charge in [-0.25, -0.2) is 9.97 Å². The summed E-state index contributed by atoms with van der Waals surface area (Å²) in [5.41, 5.74) is 7.92. The van der Waals surface area contributed by atoms with Gasteiger partial charge in [-0.15, -0.1) is 0 Å². The number of likely N-dealkylation sites (tertiary alicyclic amines) is 1. The molecule has 2 aromatic carbocycles. The Kier molecular flexibility index (Phi) is 6.73. The predicted octanol–water partition coefficient (Wildman–Crippen LogP) is 5.44. The molecular formula is C29H34N4O. The van der Waals surface area contributed by atoms with E-state index in [0.29, 0.717) is 6.42 Å². The molecule has 1 N–H and O–H groups in total. The molecule has 1 aliphatic carbocycles. The SMILES string of the molecule is CC(=O)c1cccc(Cc2nc3c(c(NCCCN4CCCCC4)n2)-c2ccc(C)cc2C3)c1. The summed E-state index contributed by atoms with van der Waals surface area (Å²) in [6, 6.07) is 14.5. The van der Waals surface area contributed by atoms with E-state index >= 15 is 0 Å². The molecule has 5 rings (SSSR count). The van der Waals surface area contributed by atoms with Crippen molar-refractivity contribution >= 4 is 11.6 Å². The zero-order chi connectivity index (χ0) is 23.5. The Morgan fingerprint density at radius 1 is 1.06 bits per heavy atom. The van der Waals surface area contributed by atoms with Gasteiger partial charge in [-0.2, -0.15) is 0 Å². The lowest BCUT2D eigenvalue weighted by molar-refractivity contribution is 0.101. The molecule has 0 radical (unpaired) electrons. The number of benzene rings is 2. The number of aryl methyl sites for hydroxylation is 1. The second kappa shape index (κ2) is 10.1. The van der Waals surface area contributed by atoms with Gasteiger partial charge in [0.25, 0.3) is 0 Å². The Hall–Kier alpha value is -3.05. The van der Waals surface area contributed by atoms with E-state index in [0.717, 1.165) is 60.0 Å². The number of nitrogens with zero attached hydrogens (tertiary/aromatic N) is 3. The molecule has 1 fully saturated rings. The third-order valence-corrected chi connectivity index (χ3v) is 7.01. The van der Waals surface area contributed by atoms with Crippen LogP contribution in [0.3, 0.4) is 0 Å². The number of rotatable bonds is 8. The summed E-state index contributed by atoms with van der Waals surface area (Å²) >= 11 is 0. The van der Waals surface area contributed by atoms with Crippen LogP contribution in [0, 0.1) is 6.92 Å². The summed E-state index contributed by atoms with van der Waals surface area (Å²) in [5, 5.41) is 3.66. The van der Waals surface area contributed by atoms with Crippen molar-refractivity contribution < 1.29 is 4.79 Å². The van der Waals surface area contributed by atoms with Crippen molar-refractivity contribution in [1.29, 1.82) is 0 Å². The predicted molar refractivity (Wildman–Crippen MR) is 138 cm³/mol. The van der Waals surface area contributed by atoms with Crippen LogP contribution in [0.1, 0.15) is 71.2 Å². The molecule has 0 atom stereocenters. The molecule has 5 heteroatoms. The number of aromatic nitrogens is 2. The lowest BCUT2D eigenvalue weighted by atomic mass is 10.0. The first-order chi connectivity index (χ1) is 16.6. The molecule has 0 saturated carbocycles. The highest BCUT2D eigenvalue weighted by Gasteiger charge is 2.25. The van der Waals surface area contributed by atoms with Gasteiger partial charge in [0, 0.05) is 30.5 Å². The van der Waals surface area contributed by atoms with E-state index < -0.39 is 0 Å². The summed E-state index contributed by atoms with van der Waals surface area (Å²) in [5.74, 6) is 1.84. The minimum atomic E-state index is 0.0820. The number of ketones is 1. The minimum absolute atomic E-state index is 0.0820. The Morgan fingerprint density at radius 2 is 1.91 bits per heavy atom. The number of carbonyl (C=O) groups excluding carboxylic acids is 1. The minimum Gasteiger partial charge on any atom is -0.369 e. The van der Waals surface area contributed by atoms with Crippen molar-refractivity contribution in [3.05, 3.63) is 76.2 Å². The fraction of sp³-hybridized carbons (Fsp3) is 0.414. The Bertz CT molecular complexity index is 1200. The molecular weight excluding hydrogens is 420 g/mol. The van der Waals surface area contributed by atoms with Gasteiger partial charge in [-0.3, -0.25) is 4.79 Å². The second-order valence-electron chi connectivity index (χ2n) is 9.76. The molecule has 0 amide bonds. The molecule has 34 heavy (non-hydrogen) atoms. The fourth-order valence-electron chi connectivity index (χ4n) is 5.24. The van der Waals surface area contributed by atoms with Crippen LogP contribution in [-0.2, 0) is 12.8 Å². The van der Waals surface area contributed by atoms with Crippen LogP contribution < -0.4 is 5.32 Å². The van der Waals surface area contributed by atoms with Gasteiger partial charge in [0.05, 0.1) is 5.69 Å². The highest BCUT2D eigenvalue weighted by atomic mass is 16.1. The average molecular weight is 455 g/mol. The standard InChI is InChI=1S/C29H34N4O/c1-20-10-11-25-24(16-20)19-26-28(25)29(30-12-7-15-33-13-4-3-5-14-33)32-27(31-26)18-22-8-6-9-23(17-22)21(2)34/h6,8-11,16-17H,3-5,7,12-15,18-19H2,1-2H3,(H,30,31,32). The Balaban J connectivity index is 1.38. The van der Waals surface area contributed by atoms with Crippen LogP contribution in [0.15, 0.2) is 42.5 Å². The van der Waals surface area contributed by atoms with Crippen LogP contribution in [0.5, 0.6) is 0 Å². The monoisotopic (exact) mass is 454 g/mol. The van der Waals surface area contributed by atoms with Gasteiger partial charge in [-0.05, 0) is 75.5 Å². The van der Waals surface area contributed by atoms with Gasteiger partial charge >= 0.3 is 0 Å². The van der Waals surface area contributed by atoms with E-state index in [9.17, 15) is 4.79 Å². The first kappa shape index (κ1) is 22.7. The third-order valence-electron chi connectivity index (χ3n) is 7.01. The van der Waals surface area contributed by atoms with Crippen molar-refractivity contribution in [2.45, 2.75) is 52.4 Å². The molecule has 176 valence electrons. The van der Waals surface area contributed by atoms with Gasteiger partial charge in [-0.1, -0.05) is 48.4 Å². The molecule has 2 aliphatic rings. The number of hydrogen-bond donors (Lipinski definition) is 1. The normalized spacial score (nSPS) is 15.1. The number of Topliss-reactive ketones (excluding diaryl/α,β-unsaturated/α-hetero) is 1. The third kappa shape index (κ3) is 5.05. The zero-order valence-corrected chi connectivity index (χ0v) is 20.4. The number of anilines is 1. The molecule has 2 heterocycles. The largest absolute Gasteiger partial charge is 0.369 e. The average Bonchev–Trinajstić information content (AvgIpc) is 3.20. The zero-order valence-electron chi connectivity index (χ0n) is 20.4. The van der Waals surface area contributed by atoms with Crippen LogP contribution in [0.2, 0.25) is 0 Å². The van der Waals surface area contributed by atoms with Crippen molar-refractivity contribution in [2.24, 2.45) is 0 Å². The van der Waals surface area contributed by atoms with Crippen LogP contribution >= 0.6 is 0 Å². The van der Waals surface area contributed by atoms with E-state index in [4.69, 9.17) is 9.97 Å². The number of carbonyl (C=O) groups is 1. The molecule has 5 nitrogen and oxygen atoms in total. The highest BCUT2D eigenvalue weighted by Crippen LogP contribution is 2.40. The van der Waals surface area contributed by atoms with Crippen LogP contribution in [0.4, 0.5) is 5.82 Å². The Labute approximate surface area is 202 Å². The lowest BCUT2D eigenvalue weighted by Gasteiger charge is -2.26. The summed E-state index contributed by atoms with van der Waals surface area (Å²) in [7, 11) is 0. The van der Waals surface area contributed by atoms with E-state index in [1.807, 2.05) is 24.3 Å². The number of nitrogens with one attached hydrogen (secondary N) is 1. The molecule has 0 spiro atoms. The molecule has 1 aromatic heterocycles. The molecule has 3 aromatic rings. The highest BCUT2D eigenvalue weighted by molar-refractivity contribution is 5.94. The first-order valence-electron chi connectivity index (χ1n) is 12.6. The summed E-state index contributed by atoms with van der Waals surface area (Å²) in [6.07, 6.45) is 6.60. The summed E-state index contributed by atoms with van der Waals surface area (Å²) in [4.78, 5) is 24.4. The number of fused-ring (bicyclic) bond motifs is 3. The van der Waals surface area contributed by atoms with Gasteiger partial charge in [0.1, 0.15) is 11.6 Å². The summed E-state index contributed by atoms with van der Waals surface area (Å²) < 4.78 is 0. The van der Waals surface area contributed by atoms with Gasteiger partial charge < -0.3 is 10.2 Å². The Morgan fingerprint density at radius 3 is 2.74 bits per heavy atom. The van der Waals surface area contributed by atoms with Gasteiger partial charge in [0.2, 0.25) is 0 Å². The summed E-state index contributed by atoms with van der Waals surface area (Å²) in [6.45, 7) is 8.26. The topological polar surface area (TPSA) is 58.1 Å². The fourth-order valence-corrected chi connectivity index (χ4v) is 5.24. The molecule has 0 bridgehead atoms. The van der Waals surface area contributed by atoms with E-state index in [2.05, 4.69) is 35.3 Å². The second-order valence-corrected chi connectivity index (χ2v) is 9.76. The van der Waals surface area contributed by atoms with Crippen molar-refractivity contribution in [2.75, 3.05) is 31.5 Å². The molecule has 1 aliphatic heterocycles. The van der Waals surface area contributed by atoms with E-state index in [1.54, 1.807) is 6.92 Å². The quantitative estimate of drug-likeness (QED) is 0.284. The van der Waals surface area contributed by atoms with Crippen LogP contribution in [0.25, 0.3) is 11.1 Å². The van der Waals surface area contributed by atoms with Crippen molar-refractivity contribution in [3.63, 3.8) is 0 Å². The van der Waals surface area contributed by atoms with Crippen molar-refractivity contribution in [1.82, 2.24) is 14.9 Å². The smallest absolute Gasteiger partial charge is 0.159 e. The maximum atomic E-state index is 11.8. The number of hydrogen-bond acceptors (Lipinski definition) is 5. The van der Waals surface area contributed by atoms with E-state index in [-0.39, 0.29) is 5.78 Å². The first-order valence-corrected chi connectivity index (χ1v) is 12.6. The van der Waals surface area contributed by atoms with E-state index in [1.165, 1.54) is 49.0 Å². The molecule has 0 unspecified atom stereocenters. The van der Waals surface area contributed by atoms with Crippen LogP contribution in [-0.4, -0.2) is 46.8 Å². The maximum Gasteiger partial charge on any atom is 0.159 e. The number of piperidine rings is 1.